The second kappa shape index (κ2) is 9.83. The minimum atomic E-state index is -0.274. The molecule has 0 aliphatic carbocycles. The molecule has 1 saturated heterocycles. The second-order valence-corrected chi connectivity index (χ2v) is 8.07. The fraction of sp³-hybridized carbons (Fsp3) is 0.308. The third-order valence-corrected chi connectivity index (χ3v) is 5.90. The van der Waals surface area contributed by atoms with Crippen LogP contribution >= 0.6 is 0 Å². The molecule has 0 radical (unpaired) electrons. The number of carbonyl (C=O) groups excluding carboxylic acids is 1. The average Bonchev–Trinajstić information content (AvgIpc) is 3.30. The minimum absolute atomic E-state index is 0.00764. The average molecular weight is 432 g/mol. The molecule has 0 saturated carbocycles. The van der Waals surface area contributed by atoms with Gasteiger partial charge in [0.2, 0.25) is 5.91 Å². The van der Waals surface area contributed by atoms with E-state index < -0.39 is 0 Å². The Kier molecular flexibility index (Phi) is 6.71. The quantitative estimate of drug-likeness (QED) is 0.550. The Bertz CT molecular complexity index is 1040. The lowest BCUT2D eigenvalue weighted by Gasteiger charge is -2.26. The van der Waals surface area contributed by atoms with Gasteiger partial charge in [-0.15, -0.1) is 0 Å². The minimum Gasteiger partial charge on any atom is -0.507 e. The summed E-state index contributed by atoms with van der Waals surface area (Å²) in [7, 11) is 1.62. The number of anilines is 1. The van der Waals surface area contributed by atoms with E-state index in [-0.39, 0.29) is 17.7 Å². The van der Waals surface area contributed by atoms with E-state index in [4.69, 9.17) is 9.72 Å². The summed E-state index contributed by atoms with van der Waals surface area (Å²) in [5.74, 6) is 0.920. The van der Waals surface area contributed by atoms with Crippen molar-refractivity contribution in [2.24, 2.45) is 0 Å². The number of aromatic hydroxyl groups is 1. The summed E-state index contributed by atoms with van der Waals surface area (Å²) in [4.78, 5) is 19.8. The second-order valence-electron chi connectivity index (χ2n) is 8.07. The van der Waals surface area contributed by atoms with Crippen molar-refractivity contribution < 1.29 is 14.6 Å². The number of amides is 1. The van der Waals surface area contributed by atoms with Crippen LogP contribution in [0.3, 0.4) is 0 Å². The Balaban J connectivity index is 1.77. The first kappa shape index (κ1) is 21.8. The molecular weight excluding hydrogens is 402 g/mol. The van der Waals surface area contributed by atoms with Gasteiger partial charge in [-0.2, -0.15) is 0 Å². The predicted octanol–water partition coefficient (Wildman–Crippen LogP) is 4.16. The molecule has 6 heteroatoms. The van der Waals surface area contributed by atoms with Gasteiger partial charge in [-0.25, -0.2) is 4.98 Å². The molecule has 1 fully saturated rings. The number of para-hydroxylation sites is 1. The normalized spacial score (nSPS) is 15.7. The number of nitrogens with one attached hydrogen (secondary N) is 1. The molecular formula is C26H29N3O3. The van der Waals surface area contributed by atoms with E-state index in [0.29, 0.717) is 24.4 Å². The third kappa shape index (κ3) is 4.60. The molecule has 1 aromatic heterocycles. The predicted molar refractivity (Wildman–Crippen MR) is 127 cm³/mol. The topological polar surface area (TPSA) is 74.7 Å². The number of rotatable bonds is 7. The van der Waals surface area contributed by atoms with E-state index in [0.717, 1.165) is 41.9 Å². The molecule has 2 aromatic carbocycles. The first-order valence-corrected chi connectivity index (χ1v) is 11.0. The van der Waals surface area contributed by atoms with Crippen molar-refractivity contribution >= 4 is 11.7 Å². The van der Waals surface area contributed by atoms with E-state index in [9.17, 15) is 9.90 Å². The first-order chi connectivity index (χ1) is 15.6. The molecule has 1 aliphatic heterocycles. The molecule has 2 N–H and O–H groups in total. The maximum Gasteiger partial charge on any atom is 0.242 e. The van der Waals surface area contributed by atoms with Crippen LogP contribution in [0.15, 0.2) is 60.7 Å². The van der Waals surface area contributed by atoms with E-state index >= 15 is 0 Å². The standard InChI is InChI=1S/C26H29N3O3/c1-18-8-3-4-9-20(18)19-16-22(21-10-5-6-12-24(21)30)28-25(17-19)29-14-7-11-23(29)26(31)27-13-15-32-2/h3-6,8-10,12,16-17,23,30H,7,11,13-15H2,1-2H3,(H,27,31)/t23-/m0/s1. The van der Waals surface area contributed by atoms with Crippen LogP contribution in [0.4, 0.5) is 5.82 Å². The van der Waals surface area contributed by atoms with Crippen LogP contribution in [0.1, 0.15) is 18.4 Å². The number of carbonyl (C=O) groups is 1. The molecule has 166 valence electrons. The zero-order valence-electron chi connectivity index (χ0n) is 18.5. The number of phenols is 1. The zero-order valence-corrected chi connectivity index (χ0v) is 18.5. The van der Waals surface area contributed by atoms with Crippen LogP contribution in [-0.4, -0.2) is 48.8 Å². The summed E-state index contributed by atoms with van der Waals surface area (Å²) in [6.45, 7) is 3.81. The number of nitrogens with zero attached hydrogens (tertiary/aromatic N) is 2. The molecule has 0 bridgehead atoms. The van der Waals surface area contributed by atoms with Crippen LogP contribution in [0, 0.1) is 6.92 Å². The highest BCUT2D eigenvalue weighted by Gasteiger charge is 2.32. The lowest BCUT2D eigenvalue weighted by Crippen LogP contribution is -2.44. The highest BCUT2D eigenvalue weighted by molar-refractivity contribution is 5.86. The Morgan fingerprint density at radius 2 is 1.91 bits per heavy atom. The number of methoxy groups -OCH3 is 1. The summed E-state index contributed by atoms with van der Waals surface area (Å²) in [6, 6.07) is 19.2. The molecule has 1 atom stereocenters. The first-order valence-electron chi connectivity index (χ1n) is 11.0. The van der Waals surface area contributed by atoms with Gasteiger partial charge in [-0.3, -0.25) is 4.79 Å². The van der Waals surface area contributed by atoms with Gasteiger partial charge >= 0.3 is 0 Å². The number of hydrogen-bond acceptors (Lipinski definition) is 5. The fourth-order valence-electron chi connectivity index (χ4n) is 4.25. The highest BCUT2D eigenvalue weighted by Crippen LogP contribution is 2.36. The number of aromatic nitrogens is 1. The summed E-state index contributed by atoms with van der Waals surface area (Å²) < 4.78 is 5.05. The van der Waals surface area contributed by atoms with Gasteiger partial charge in [-0.05, 0) is 60.7 Å². The van der Waals surface area contributed by atoms with Gasteiger partial charge in [0, 0.05) is 25.8 Å². The van der Waals surface area contributed by atoms with Crippen molar-refractivity contribution in [3.05, 3.63) is 66.2 Å². The molecule has 6 nitrogen and oxygen atoms in total. The van der Waals surface area contributed by atoms with E-state index in [1.54, 1.807) is 19.2 Å². The molecule has 0 unspecified atom stereocenters. The molecule has 3 aromatic rings. The molecule has 0 spiro atoms. The van der Waals surface area contributed by atoms with Crippen LogP contribution in [0.25, 0.3) is 22.4 Å². The molecule has 4 rings (SSSR count). The van der Waals surface area contributed by atoms with Crippen molar-refractivity contribution in [3.8, 4) is 28.1 Å². The molecule has 1 amide bonds. The van der Waals surface area contributed by atoms with Crippen LogP contribution in [0.2, 0.25) is 0 Å². The maximum absolute atomic E-state index is 12.8. The Morgan fingerprint density at radius 1 is 1.16 bits per heavy atom. The monoisotopic (exact) mass is 431 g/mol. The van der Waals surface area contributed by atoms with E-state index in [2.05, 4.69) is 29.3 Å². The number of hydrogen-bond donors (Lipinski definition) is 2. The summed E-state index contributed by atoms with van der Waals surface area (Å²) in [5.41, 5.74) is 4.63. The van der Waals surface area contributed by atoms with Crippen molar-refractivity contribution in [2.45, 2.75) is 25.8 Å². The molecule has 1 aliphatic rings. The number of phenolic OH excluding ortho intramolecular Hbond substituents is 1. The number of ether oxygens (including phenoxy) is 1. The third-order valence-electron chi connectivity index (χ3n) is 5.90. The lowest BCUT2D eigenvalue weighted by molar-refractivity contribution is -0.122. The summed E-state index contributed by atoms with van der Waals surface area (Å²) in [6.07, 6.45) is 1.70. The fourth-order valence-corrected chi connectivity index (χ4v) is 4.25. The van der Waals surface area contributed by atoms with E-state index in [1.807, 2.05) is 36.4 Å². The van der Waals surface area contributed by atoms with Crippen LogP contribution in [0.5, 0.6) is 5.75 Å². The van der Waals surface area contributed by atoms with Crippen LogP contribution in [-0.2, 0) is 9.53 Å². The van der Waals surface area contributed by atoms with Crippen molar-refractivity contribution in [1.82, 2.24) is 10.3 Å². The zero-order chi connectivity index (χ0) is 22.5. The Hall–Kier alpha value is -3.38. The SMILES string of the molecule is COCCNC(=O)[C@@H]1CCCN1c1cc(-c2ccccc2C)cc(-c2ccccc2O)n1. The van der Waals surface area contributed by atoms with Gasteiger partial charge in [0.15, 0.2) is 0 Å². The van der Waals surface area contributed by atoms with Crippen LogP contribution < -0.4 is 10.2 Å². The maximum atomic E-state index is 12.8. The van der Waals surface area contributed by atoms with Crippen molar-refractivity contribution in [1.29, 1.82) is 0 Å². The number of aryl methyl sites for hydroxylation is 1. The van der Waals surface area contributed by atoms with E-state index in [1.165, 1.54) is 0 Å². The smallest absolute Gasteiger partial charge is 0.242 e. The largest absolute Gasteiger partial charge is 0.507 e. The lowest BCUT2D eigenvalue weighted by atomic mass is 9.99. The highest BCUT2D eigenvalue weighted by atomic mass is 16.5. The Morgan fingerprint density at radius 3 is 2.66 bits per heavy atom. The summed E-state index contributed by atoms with van der Waals surface area (Å²) >= 11 is 0. The van der Waals surface area contributed by atoms with Gasteiger partial charge in [0.25, 0.3) is 0 Å². The Labute approximate surface area is 188 Å². The number of benzene rings is 2. The number of pyridine rings is 1. The van der Waals surface area contributed by atoms with Gasteiger partial charge in [0.05, 0.1) is 12.3 Å². The molecule has 32 heavy (non-hydrogen) atoms. The van der Waals surface area contributed by atoms with Crippen molar-refractivity contribution in [3.63, 3.8) is 0 Å². The summed E-state index contributed by atoms with van der Waals surface area (Å²) in [5, 5.41) is 13.4. The van der Waals surface area contributed by atoms with Gasteiger partial charge in [-0.1, -0.05) is 36.4 Å². The van der Waals surface area contributed by atoms with Crippen molar-refractivity contribution in [2.75, 3.05) is 31.7 Å². The molecule has 2 heterocycles. The van der Waals surface area contributed by atoms with Gasteiger partial charge in [0.1, 0.15) is 17.6 Å². The van der Waals surface area contributed by atoms with Gasteiger partial charge < -0.3 is 20.1 Å².